The predicted molar refractivity (Wildman–Crippen MR) is 59.0 cm³/mol. The van der Waals surface area contributed by atoms with Crippen molar-refractivity contribution < 1.29 is 18.3 Å². The van der Waals surface area contributed by atoms with Gasteiger partial charge in [-0.3, -0.25) is 0 Å². The minimum Gasteiger partial charge on any atom is -0.396 e. The molecule has 0 spiro atoms. The second-order valence-corrected chi connectivity index (χ2v) is 3.76. The van der Waals surface area contributed by atoms with Crippen molar-refractivity contribution in [2.75, 3.05) is 30.3 Å². The molecule has 0 unspecified atom stereocenters. The minimum atomic E-state index is -4.40. The largest absolute Gasteiger partial charge is 0.405 e. The molecular weight excluding hydrogens is 259 g/mol. The maximum absolute atomic E-state index is 12.3. The number of nitrogen functional groups attached to an aromatic ring is 1. The summed E-state index contributed by atoms with van der Waals surface area (Å²) in [5.74, 6) is -0.0409. The van der Waals surface area contributed by atoms with E-state index in [9.17, 15) is 13.2 Å². The summed E-state index contributed by atoms with van der Waals surface area (Å²) in [5.41, 5.74) is 5.57. The van der Waals surface area contributed by atoms with Gasteiger partial charge in [-0.1, -0.05) is 11.6 Å². The van der Waals surface area contributed by atoms with Gasteiger partial charge in [0.1, 0.15) is 6.54 Å². The number of anilines is 2. The van der Waals surface area contributed by atoms with Gasteiger partial charge in [-0.05, 0) is 6.07 Å². The average molecular weight is 270 g/mol. The Balaban J connectivity index is 2.97. The Kier molecular flexibility index (Phi) is 4.41. The molecule has 17 heavy (non-hydrogen) atoms. The number of nitrogens with zero attached hydrogens (tertiary/aromatic N) is 2. The molecule has 0 aliphatic rings. The molecule has 0 saturated heterocycles. The first-order valence-electron chi connectivity index (χ1n) is 4.67. The lowest BCUT2D eigenvalue weighted by Crippen LogP contribution is -2.37. The molecule has 0 amide bonds. The zero-order chi connectivity index (χ0) is 13.1. The van der Waals surface area contributed by atoms with Gasteiger partial charge in [0.2, 0.25) is 0 Å². The monoisotopic (exact) mass is 269 g/mol. The Hall–Kier alpha value is -1.21. The molecule has 0 saturated carbocycles. The molecule has 3 N–H and O–H groups in total. The smallest absolute Gasteiger partial charge is 0.396 e. The molecule has 0 aliphatic carbocycles. The Morgan fingerprint density at radius 1 is 1.47 bits per heavy atom. The lowest BCUT2D eigenvalue weighted by atomic mass is 10.3. The summed E-state index contributed by atoms with van der Waals surface area (Å²) in [5, 5.41) is 8.97. The molecule has 4 nitrogen and oxygen atoms in total. The van der Waals surface area contributed by atoms with Crippen LogP contribution in [0, 0.1) is 0 Å². The third-order valence-corrected chi connectivity index (χ3v) is 2.11. The van der Waals surface area contributed by atoms with Crippen molar-refractivity contribution in [3.63, 3.8) is 0 Å². The zero-order valence-electron chi connectivity index (χ0n) is 8.71. The molecule has 0 radical (unpaired) electrons. The minimum absolute atomic E-state index is 0.0372. The van der Waals surface area contributed by atoms with Gasteiger partial charge in [0.25, 0.3) is 0 Å². The quantitative estimate of drug-likeness (QED) is 0.873. The maximum Gasteiger partial charge on any atom is 0.405 e. The Morgan fingerprint density at radius 3 is 2.59 bits per heavy atom. The molecule has 0 aromatic carbocycles. The van der Waals surface area contributed by atoms with Gasteiger partial charge in [0, 0.05) is 12.7 Å². The lowest BCUT2D eigenvalue weighted by molar-refractivity contribution is -0.119. The van der Waals surface area contributed by atoms with Crippen LogP contribution in [0.1, 0.15) is 0 Å². The van der Waals surface area contributed by atoms with Gasteiger partial charge < -0.3 is 15.7 Å². The number of alkyl halides is 3. The van der Waals surface area contributed by atoms with Crippen molar-refractivity contribution in [2.24, 2.45) is 0 Å². The van der Waals surface area contributed by atoms with E-state index in [1.807, 2.05) is 0 Å². The van der Waals surface area contributed by atoms with Crippen molar-refractivity contribution in [1.82, 2.24) is 4.98 Å². The third kappa shape index (κ3) is 4.27. The molecule has 1 rings (SSSR count). The predicted octanol–water partition coefficient (Wildman–Crippen LogP) is 1.68. The topological polar surface area (TPSA) is 62.4 Å². The zero-order valence-corrected chi connectivity index (χ0v) is 9.46. The van der Waals surface area contributed by atoms with Crippen LogP contribution in [0.2, 0.25) is 5.02 Å². The second kappa shape index (κ2) is 5.42. The van der Waals surface area contributed by atoms with E-state index in [-0.39, 0.29) is 23.1 Å². The molecule has 0 atom stereocenters. The number of aromatic nitrogens is 1. The van der Waals surface area contributed by atoms with E-state index in [1.165, 1.54) is 12.3 Å². The van der Waals surface area contributed by atoms with Gasteiger partial charge >= 0.3 is 6.18 Å². The van der Waals surface area contributed by atoms with Crippen molar-refractivity contribution >= 4 is 23.1 Å². The highest BCUT2D eigenvalue weighted by molar-refractivity contribution is 6.30. The highest BCUT2D eigenvalue weighted by atomic mass is 35.5. The molecule has 0 fully saturated rings. The third-order valence-electron chi connectivity index (χ3n) is 1.90. The molecule has 0 aliphatic heterocycles. The average Bonchev–Trinajstić information content (AvgIpc) is 2.14. The fourth-order valence-electron chi connectivity index (χ4n) is 1.31. The van der Waals surface area contributed by atoms with Gasteiger partial charge in [0.05, 0.1) is 17.3 Å². The number of hydrogen-bond donors (Lipinski definition) is 2. The van der Waals surface area contributed by atoms with Crippen LogP contribution in [-0.2, 0) is 0 Å². The number of nitrogens with two attached hydrogens (primary N) is 1. The Labute approximate surface area is 101 Å². The van der Waals surface area contributed by atoms with Crippen LogP contribution in [0.4, 0.5) is 24.7 Å². The van der Waals surface area contributed by atoms with Crippen molar-refractivity contribution in [2.45, 2.75) is 6.18 Å². The standard InChI is InChI=1S/C9H11ClF3N3O/c10-6-3-7(14)8(15-4-6)16(1-2-17)5-9(11,12)13/h3-4,17H,1-2,5,14H2. The van der Waals surface area contributed by atoms with E-state index in [0.29, 0.717) is 0 Å². The summed E-state index contributed by atoms with van der Waals surface area (Å²) in [7, 11) is 0. The van der Waals surface area contributed by atoms with Crippen LogP contribution in [0.3, 0.4) is 0 Å². The molecule has 8 heteroatoms. The van der Waals surface area contributed by atoms with E-state index in [1.54, 1.807) is 0 Å². The van der Waals surface area contributed by atoms with Crippen LogP contribution < -0.4 is 10.6 Å². The van der Waals surface area contributed by atoms with Crippen LogP contribution in [-0.4, -0.2) is 36.0 Å². The molecule has 96 valence electrons. The maximum atomic E-state index is 12.3. The molecule has 1 aromatic rings. The Morgan fingerprint density at radius 2 is 2.12 bits per heavy atom. The number of aliphatic hydroxyl groups excluding tert-OH is 1. The normalized spacial score (nSPS) is 11.6. The lowest BCUT2D eigenvalue weighted by Gasteiger charge is -2.25. The first-order chi connectivity index (χ1) is 7.83. The number of pyridine rings is 1. The number of rotatable bonds is 4. The second-order valence-electron chi connectivity index (χ2n) is 3.33. The summed E-state index contributed by atoms with van der Waals surface area (Å²) in [4.78, 5) is 4.59. The van der Waals surface area contributed by atoms with E-state index < -0.39 is 19.3 Å². The van der Waals surface area contributed by atoms with Gasteiger partial charge in [0.15, 0.2) is 5.82 Å². The molecule has 0 bridgehead atoms. The number of halogens is 4. The number of hydrogen-bond acceptors (Lipinski definition) is 4. The van der Waals surface area contributed by atoms with Crippen LogP contribution in [0.5, 0.6) is 0 Å². The van der Waals surface area contributed by atoms with E-state index >= 15 is 0 Å². The van der Waals surface area contributed by atoms with Crippen LogP contribution in [0.25, 0.3) is 0 Å². The fourth-order valence-corrected chi connectivity index (χ4v) is 1.48. The van der Waals surface area contributed by atoms with Crippen molar-refractivity contribution in [3.05, 3.63) is 17.3 Å². The van der Waals surface area contributed by atoms with E-state index in [2.05, 4.69) is 4.98 Å². The van der Waals surface area contributed by atoms with E-state index in [4.69, 9.17) is 22.4 Å². The van der Waals surface area contributed by atoms with Gasteiger partial charge in [-0.15, -0.1) is 0 Å². The number of aliphatic hydroxyl groups is 1. The summed E-state index contributed by atoms with van der Waals surface area (Å²) >= 11 is 5.60. The molecular formula is C9H11ClF3N3O. The van der Waals surface area contributed by atoms with Crippen molar-refractivity contribution in [1.29, 1.82) is 0 Å². The van der Waals surface area contributed by atoms with Crippen molar-refractivity contribution in [3.8, 4) is 0 Å². The fraction of sp³-hybridized carbons (Fsp3) is 0.444. The summed E-state index contributed by atoms with van der Waals surface area (Å²) < 4.78 is 36.9. The summed E-state index contributed by atoms with van der Waals surface area (Å²) in [6, 6.07) is 1.31. The van der Waals surface area contributed by atoms with Crippen LogP contribution in [0.15, 0.2) is 12.3 Å². The first kappa shape index (κ1) is 13.9. The highest BCUT2D eigenvalue weighted by Crippen LogP contribution is 2.26. The first-order valence-corrected chi connectivity index (χ1v) is 5.05. The van der Waals surface area contributed by atoms with Gasteiger partial charge in [-0.25, -0.2) is 4.98 Å². The summed E-state index contributed by atoms with van der Waals surface area (Å²) in [6.07, 6.45) is -3.20. The molecule has 1 heterocycles. The van der Waals surface area contributed by atoms with Crippen LogP contribution >= 0.6 is 11.6 Å². The van der Waals surface area contributed by atoms with Gasteiger partial charge in [-0.2, -0.15) is 13.2 Å². The van der Waals surface area contributed by atoms with E-state index in [0.717, 1.165) is 4.90 Å². The Bertz CT molecular complexity index is 386. The highest BCUT2D eigenvalue weighted by Gasteiger charge is 2.31. The molecule has 1 aromatic heterocycles. The SMILES string of the molecule is Nc1cc(Cl)cnc1N(CCO)CC(F)(F)F. The summed E-state index contributed by atoms with van der Waals surface area (Å²) in [6.45, 7) is -1.87.